The average Bonchev–Trinajstić information content (AvgIpc) is 2.64. The number of hydrogen-bond donors (Lipinski definition) is 1. The van der Waals surface area contributed by atoms with E-state index in [4.69, 9.17) is 9.47 Å². The number of ether oxygens (including phenoxy) is 2. The Bertz CT molecular complexity index is 336. The zero-order valence-corrected chi connectivity index (χ0v) is 11.4. The largest absolute Gasteiger partial charge is 0.444 e. The minimum atomic E-state index is -0.437. The van der Waals surface area contributed by atoms with Gasteiger partial charge in [0, 0.05) is 6.04 Å². The Morgan fingerprint density at radius 2 is 2.00 bits per heavy atom. The van der Waals surface area contributed by atoms with Crippen molar-refractivity contribution in [1.29, 1.82) is 0 Å². The number of rotatable bonds is 1. The zero-order valence-electron chi connectivity index (χ0n) is 11.4. The lowest BCUT2D eigenvalue weighted by atomic mass is 9.79. The Balaban J connectivity index is 1.83. The van der Waals surface area contributed by atoms with Gasteiger partial charge < -0.3 is 14.8 Å². The molecule has 0 bridgehead atoms. The molecule has 4 nitrogen and oxygen atoms in total. The highest BCUT2D eigenvalue weighted by Crippen LogP contribution is 2.56. The molecule has 1 aliphatic carbocycles. The summed E-state index contributed by atoms with van der Waals surface area (Å²) in [4.78, 5) is 11.7. The molecule has 0 unspecified atom stereocenters. The number of alkyl carbamates (subject to hydrolysis) is 1. The molecule has 0 aromatic heterocycles. The third-order valence-electron chi connectivity index (χ3n) is 3.85. The molecule has 98 valence electrons. The van der Waals surface area contributed by atoms with E-state index in [-0.39, 0.29) is 23.3 Å². The standard InChI is InChI=1S/C13H23NO3/c1-11(2,3)16-10(15)14-9-6-7-12(4)13(5,8-9)17-12/h9H,6-8H2,1-5H3,(H,14,15)/t9-,12+,13-/m1/s1. The van der Waals surface area contributed by atoms with Crippen LogP contribution in [0.3, 0.4) is 0 Å². The lowest BCUT2D eigenvalue weighted by Gasteiger charge is -2.29. The second-order valence-electron chi connectivity index (χ2n) is 6.65. The van der Waals surface area contributed by atoms with Crippen LogP contribution in [0.15, 0.2) is 0 Å². The molecule has 1 saturated carbocycles. The second-order valence-corrected chi connectivity index (χ2v) is 6.65. The number of epoxide rings is 1. The third-order valence-corrected chi connectivity index (χ3v) is 3.85. The van der Waals surface area contributed by atoms with Crippen LogP contribution in [0, 0.1) is 0 Å². The van der Waals surface area contributed by atoms with Gasteiger partial charge in [-0.3, -0.25) is 0 Å². The van der Waals surface area contributed by atoms with Gasteiger partial charge in [-0.05, 0) is 53.9 Å². The molecule has 2 rings (SSSR count). The van der Waals surface area contributed by atoms with Gasteiger partial charge in [0.05, 0.1) is 11.2 Å². The van der Waals surface area contributed by atoms with Gasteiger partial charge in [-0.25, -0.2) is 4.79 Å². The van der Waals surface area contributed by atoms with E-state index in [9.17, 15) is 4.79 Å². The molecule has 17 heavy (non-hydrogen) atoms. The van der Waals surface area contributed by atoms with Gasteiger partial charge >= 0.3 is 6.09 Å². The summed E-state index contributed by atoms with van der Waals surface area (Å²) in [6, 6.07) is 0.172. The number of fused-ring (bicyclic) bond motifs is 1. The van der Waals surface area contributed by atoms with Gasteiger partial charge in [0.25, 0.3) is 0 Å². The van der Waals surface area contributed by atoms with Gasteiger partial charge in [-0.1, -0.05) is 0 Å². The Kier molecular flexibility index (Phi) is 2.69. The van der Waals surface area contributed by atoms with E-state index in [0.717, 1.165) is 19.3 Å². The predicted molar refractivity (Wildman–Crippen MR) is 64.9 cm³/mol. The molecule has 0 aromatic carbocycles. The van der Waals surface area contributed by atoms with Crippen molar-refractivity contribution in [2.45, 2.75) is 76.7 Å². The van der Waals surface area contributed by atoms with E-state index in [1.807, 2.05) is 20.8 Å². The zero-order chi connectivity index (χ0) is 12.9. The summed E-state index contributed by atoms with van der Waals surface area (Å²) in [5.74, 6) is 0. The van der Waals surface area contributed by atoms with Gasteiger partial charge in [0.15, 0.2) is 0 Å². The van der Waals surface area contributed by atoms with Crippen LogP contribution < -0.4 is 5.32 Å². The lowest BCUT2D eigenvalue weighted by Crippen LogP contribution is -2.44. The summed E-state index contributed by atoms with van der Waals surface area (Å²) in [6.45, 7) is 9.88. The molecule has 1 saturated heterocycles. The molecule has 3 atom stereocenters. The molecule has 0 radical (unpaired) electrons. The van der Waals surface area contributed by atoms with Crippen LogP contribution in [0.25, 0.3) is 0 Å². The van der Waals surface area contributed by atoms with E-state index >= 15 is 0 Å². The fraction of sp³-hybridized carbons (Fsp3) is 0.923. The summed E-state index contributed by atoms with van der Waals surface area (Å²) in [7, 11) is 0. The van der Waals surface area contributed by atoms with Crippen LogP contribution in [0.1, 0.15) is 53.9 Å². The Hall–Kier alpha value is -0.770. The molecule has 1 heterocycles. The summed E-state index contributed by atoms with van der Waals surface area (Å²) in [5, 5.41) is 2.93. The Morgan fingerprint density at radius 3 is 2.53 bits per heavy atom. The first-order valence-corrected chi connectivity index (χ1v) is 6.33. The quantitative estimate of drug-likeness (QED) is 0.718. The van der Waals surface area contributed by atoms with Crippen molar-refractivity contribution < 1.29 is 14.3 Å². The minimum Gasteiger partial charge on any atom is -0.444 e. The average molecular weight is 241 g/mol. The van der Waals surface area contributed by atoms with Crippen LogP contribution >= 0.6 is 0 Å². The van der Waals surface area contributed by atoms with Gasteiger partial charge in [-0.2, -0.15) is 0 Å². The van der Waals surface area contributed by atoms with Crippen LogP contribution in [0.2, 0.25) is 0 Å². The number of carbonyl (C=O) groups excluding carboxylic acids is 1. The van der Waals surface area contributed by atoms with Gasteiger partial charge in [-0.15, -0.1) is 0 Å². The molecule has 0 aromatic rings. The molecule has 1 amide bonds. The number of carbonyl (C=O) groups is 1. The molecular weight excluding hydrogens is 218 g/mol. The maximum absolute atomic E-state index is 11.7. The molecule has 2 fully saturated rings. The molecular formula is C13H23NO3. The van der Waals surface area contributed by atoms with Crippen LogP contribution in [-0.4, -0.2) is 28.9 Å². The van der Waals surface area contributed by atoms with Crippen molar-refractivity contribution in [3.8, 4) is 0 Å². The lowest BCUT2D eigenvalue weighted by molar-refractivity contribution is 0.0489. The van der Waals surface area contributed by atoms with Crippen molar-refractivity contribution in [3.63, 3.8) is 0 Å². The van der Waals surface area contributed by atoms with Gasteiger partial charge in [0.2, 0.25) is 0 Å². The maximum Gasteiger partial charge on any atom is 0.407 e. The van der Waals surface area contributed by atoms with Crippen molar-refractivity contribution >= 4 is 6.09 Å². The molecule has 1 N–H and O–H groups in total. The topological polar surface area (TPSA) is 50.9 Å². The number of amides is 1. The molecule has 2 aliphatic rings. The SMILES string of the molecule is CC(C)(C)OC(=O)N[C@@H]1CC[C@]2(C)O[C@]2(C)C1. The first kappa shape index (κ1) is 12.7. The summed E-state index contributed by atoms with van der Waals surface area (Å²) >= 11 is 0. The van der Waals surface area contributed by atoms with E-state index in [2.05, 4.69) is 19.2 Å². The van der Waals surface area contributed by atoms with Crippen molar-refractivity contribution in [2.24, 2.45) is 0 Å². The van der Waals surface area contributed by atoms with Crippen LogP contribution in [0.4, 0.5) is 4.79 Å². The first-order valence-electron chi connectivity index (χ1n) is 6.33. The minimum absolute atomic E-state index is 0.0408. The van der Waals surface area contributed by atoms with E-state index < -0.39 is 5.60 Å². The Labute approximate surface area is 103 Å². The normalized spacial score (nSPS) is 40.4. The van der Waals surface area contributed by atoms with Crippen LogP contribution in [-0.2, 0) is 9.47 Å². The third kappa shape index (κ3) is 2.57. The highest BCUT2D eigenvalue weighted by atomic mass is 16.6. The summed E-state index contributed by atoms with van der Waals surface area (Å²) < 4.78 is 11.0. The van der Waals surface area contributed by atoms with E-state index in [1.165, 1.54) is 0 Å². The molecule has 4 heteroatoms. The fourth-order valence-electron chi connectivity index (χ4n) is 2.66. The van der Waals surface area contributed by atoms with Gasteiger partial charge in [0.1, 0.15) is 5.60 Å². The van der Waals surface area contributed by atoms with Crippen molar-refractivity contribution in [2.75, 3.05) is 0 Å². The summed E-state index contributed by atoms with van der Waals surface area (Å²) in [5.41, 5.74) is -0.447. The molecule has 1 aliphatic heterocycles. The maximum atomic E-state index is 11.7. The summed E-state index contributed by atoms with van der Waals surface area (Å²) in [6.07, 6.45) is 2.52. The predicted octanol–water partition coefficient (Wildman–Crippen LogP) is 2.61. The highest BCUT2D eigenvalue weighted by molar-refractivity contribution is 5.68. The fourth-order valence-corrected chi connectivity index (χ4v) is 2.66. The first-order chi connectivity index (χ1) is 7.64. The Morgan fingerprint density at radius 1 is 1.35 bits per heavy atom. The number of nitrogens with one attached hydrogen (secondary N) is 1. The van der Waals surface area contributed by atoms with Crippen molar-refractivity contribution in [1.82, 2.24) is 5.32 Å². The highest BCUT2D eigenvalue weighted by Gasteiger charge is 2.65. The number of hydrogen-bond acceptors (Lipinski definition) is 3. The smallest absolute Gasteiger partial charge is 0.407 e. The van der Waals surface area contributed by atoms with E-state index in [0.29, 0.717) is 0 Å². The molecule has 0 spiro atoms. The van der Waals surface area contributed by atoms with Crippen LogP contribution in [0.5, 0.6) is 0 Å². The van der Waals surface area contributed by atoms with E-state index in [1.54, 1.807) is 0 Å². The van der Waals surface area contributed by atoms with Crippen molar-refractivity contribution in [3.05, 3.63) is 0 Å². The monoisotopic (exact) mass is 241 g/mol. The second kappa shape index (κ2) is 3.61.